The summed E-state index contributed by atoms with van der Waals surface area (Å²) in [6.07, 6.45) is 3.06. The van der Waals surface area contributed by atoms with Gasteiger partial charge in [-0.15, -0.1) is 0 Å². The fourth-order valence-corrected chi connectivity index (χ4v) is 2.61. The molecule has 11 heteroatoms. The number of pyridine rings is 1. The third kappa shape index (κ3) is 7.33. The van der Waals surface area contributed by atoms with Crippen LogP contribution in [-0.4, -0.2) is 42.2 Å². The Bertz CT molecular complexity index is 741. The summed E-state index contributed by atoms with van der Waals surface area (Å²) in [6.45, 7) is 0.243. The number of carbonyl (C=O) groups is 1. The third-order valence-corrected chi connectivity index (χ3v) is 4.13. The van der Waals surface area contributed by atoms with Gasteiger partial charge in [0, 0.05) is 18.0 Å². The number of carbonyl (C=O) groups excluding carboxylic acids is 1. The van der Waals surface area contributed by atoms with Crippen LogP contribution in [0.5, 0.6) is 11.5 Å². The number of nitrogens with one attached hydrogen (secondary N) is 1. The average Bonchev–Trinajstić information content (AvgIpc) is 2.73. The van der Waals surface area contributed by atoms with E-state index in [1.54, 1.807) is 24.3 Å². The molecule has 1 aromatic carbocycles. The monoisotopic (exact) mass is 397 g/mol. The number of hydrogen-bond donors (Lipinski definition) is 3. The van der Waals surface area contributed by atoms with E-state index in [2.05, 4.69) is 14.0 Å². The summed E-state index contributed by atoms with van der Waals surface area (Å²) in [5.41, 5.74) is 2.53. The summed E-state index contributed by atoms with van der Waals surface area (Å²) in [5, 5.41) is 0. The van der Waals surface area contributed by atoms with Crippen molar-refractivity contribution in [2.45, 2.75) is 0 Å². The van der Waals surface area contributed by atoms with Crippen LogP contribution in [-0.2, 0) is 13.6 Å². The molecule has 2 heterocycles. The van der Waals surface area contributed by atoms with E-state index in [0.29, 0.717) is 17.1 Å². The molecule has 3 rings (SSSR count). The number of para-hydroxylation sites is 2. The number of rotatable bonds is 1. The molecule has 2 aromatic rings. The fraction of sp³-hybridized carbons (Fsp3) is 0.250. The van der Waals surface area contributed by atoms with Crippen LogP contribution in [0.15, 0.2) is 48.8 Å². The number of phosphoric ester groups is 1. The molecule has 0 unspecified atom stereocenters. The lowest BCUT2D eigenvalue weighted by atomic mass is 10.3. The maximum absolute atomic E-state index is 11.3. The van der Waals surface area contributed by atoms with Gasteiger partial charge in [-0.1, -0.05) is 12.1 Å². The van der Waals surface area contributed by atoms with Crippen molar-refractivity contribution in [3.8, 4) is 11.5 Å². The zero-order valence-corrected chi connectivity index (χ0v) is 15.2. The topological polar surface area (TPSA) is 142 Å². The van der Waals surface area contributed by atoms with Crippen LogP contribution in [0.2, 0.25) is 0 Å². The Morgan fingerprint density at radius 1 is 1.00 bits per heavy atom. The largest absolute Gasteiger partial charge is 0.487 e. The quantitative estimate of drug-likeness (QED) is 0.281. The first-order valence-electron chi connectivity index (χ1n) is 7.89. The minimum atomic E-state index is -3.98. The molecule has 0 bridgehead atoms. The third-order valence-electron chi connectivity index (χ3n) is 3.11. The van der Waals surface area contributed by atoms with Gasteiger partial charge in [-0.25, -0.2) is 10.4 Å². The lowest BCUT2D eigenvalue weighted by Crippen LogP contribution is -2.29. The second kappa shape index (κ2) is 10.6. The highest BCUT2D eigenvalue weighted by Gasteiger charge is 2.21. The van der Waals surface area contributed by atoms with E-state index in [-0.39, 0.29) is 32.3 Å². The second-order valence-electron chi connectivity index (χ2n) is 4.99. The summed E-state index contributed by atoms with van der Waals surface area (Å²) < 4.78 is 31.4. The van der Waals surface area contributed by atoms with Gasteiger partial charge < -0.3 is 14.4 Å². The van der Waals surface area contributed by atoms with Crippen molar-refractivity contribution >= 4 is 13.7 Å². The number of hydrazine groups is 1. The molecule has 0 fully saturated rings. The number of nitrogen functional groups attached to an aromatic ring is 1. The van der Waals surface area contributed by atoms with Gasteiger partial charge in [0.25, 0.3) is 5.91 Å². The summed E-state index contributed by atoms with van der Waals surface area (Å²) in [4.78, 5) is 23.7. The Labute approximate surface area is 155 Å². The van der Waals surface area contributed by atoms with Crippen molar-refractivity contribution < 1.29 is 32.8 Å². The number of hydrogen-bond acceptors (Lipinski definition) is 8. The molecule has 146 valence electrons. The first kappa shape index (κ1) is 20.8. The zero-order valence-electron chi connectivity index (χ0n) is 14.3. The van der Waals surface area contributed by atoms with Gasteiger partial charge in [0.05, 0.1) is 13.2 Å². The van der Waals surface area contributed by atoms with E-state index >= 15 is 0 Å². The lowest BCUT2D eigenvalue weighted by Gasteiger charge is -2.10. The molecule has 27 heavy (non-hydrogen) atoms. The van der Waals surface area contributed by atoms with Gasteiger partial charge in [-0.05, 0) is 24.3 Å². The molecule has 1 amide bonds. The van der Waals surface area contributed by atoms with Crippen molar-refractivity contribution in [1.82, 2.24) is 10.4 Å². The van der Waals surface area contributed by atoms with Crippen molar-refractivity contribution in [2.75, 3.05) is 26.4 Å². The molecule has 1 aliphatic heterocycles. The smallest absolute Gasteiger partial charge is 0.472 e. The molecular formula is C16H20N3O7P. The number of ether oxygens (including phenoxy) is 2. The lowest BCUT2D eigenvalue weighted by molar-refractivity contribution is 0.0953. The maximum Gasteiger partial charge on any atom is 0.472 e. The van der Waals surface area contributed by atoms with Crippen molar-refractivity contribution in [3.05, 3.63) is 54.4 Å². The van der Waals surface area contributed by atoms with Gasteiger partial charge in [0.1, 0.15) is 13.2 Å². The minimum absolute atomic E-state index is 0.0257. The van der Waals surface area contributed by atoms with Crippen molar-refractivity contribution in [1.29, 1.82) is 0 Å². The number of nitrogens with zero attached hydrogens (tertiary/aromatic N) is 1. The first-order chi connectivity index (χ1) is 13.0. The Morgan fingerprint density at radius 2 is 1.52 bits per heavy atom. The van der Waals surface area contributed by atoms with E-state index in [4.69, 9.17) is 15.3 Å². The second-order valence-corrected chi connectivity index (χ2v) is 6.44. The Hall–Kier alpha value is -2.49. The molecule has 1 aliphatic rings. The van der Waals surface area contributed by atoms with Crippen LogP contribution in [0.4, 0.5) is 0 Å². The molecule has 0 radical (unpaired) electrons. The summed E-state index contributed by atoms with van der Waals surface area (Å²) in [5.74, 6) is 5.73. The van der Waals surface area contributed by atoms with Gasteiger partial charge in [0.15, 0.2) is 11.5 Å². The molecule has 0 saturated heterocycles. The van der Waals surface area contributed by atoms with Crippen LogP contribution in [0, 0.1) is 0 Å². The molecule has 0 spiro atoms. The predicted octanol–water partition coefficient (Wildman–Crippen LogP) is 1.28. The molecule has 1 aromatic heterocycles. The molecule has 0 saturated carbocycles. The van der Waals surface area contributed by atoms with Gasteiger partial charge in [-0.3, -0.25) is 24.3 Å². The van der Waals surface area contributed by atoms with E-state index in [9.17, 15) is 14.3 Å². The normalized spacial score (nSPS) is 16.1. The number of amides is 1. The predicted molar refractivity (Wildman–Crippen MR) is 95.1 cm³/mol. The van der Waals surface area contributed by atoms with Crippen LogP contribution >= 0.6 is 7.82 Å². The van der Waals surface area contributed by atoms with Gasteiger partial charge in [0.2, 0.25) is 0 Å². The SMILES string of the molecule is NNC(=O)c1ccncc1.O=P1(O)OCCOc2ccccc2OCCO1. The van der Waals surface area contributed by atoms with E-state index < -0.39 is 7.82 Å². The fourth-order valence-electron chi connectivity index (χ4n) is 1.92. The minimum Gasteiger partial charge on any atom is -0.487 e. The number of aromatic nitrogens is 1. The highest BCUT2D eigenvalue weighted by atomic mass is 31.2. The van der Waals surface area contributed by atoms with E-state index in [1.165, 1.54) is 12.4 Å². The van der Waals surface area contributed by atoms with Crippen molar-refractivity contribution in [3.63, 3.8) is 0 Å². The average molecular weight is 397 g/mol. The number of phosphoric acid groups is 1. The first-order valence-corrected chi connectivity index (χ1v) is 9.39. The molecule has 0 aliphatic carbocycles. The zero-order chi connectivity index (χ0) is 19.5. The van der Waals surface area contributed by atoms with Gasteiger partial charge >= 0.3 is 7.82 Å². The molecule has 4 N–H and O–H groups in total. The number of fused-ring (bicyclic) bond motifs is 1. The van der Waals surface area contributed by atoms with E-state index in [1.807, 2.05) is 17.6 Å². The summed E-state index contributed by atoms with van der Waals surface area (Å²) >= 11 is 0. The van der Waals surface area contributed by atoms with Crippen LogP contribution in [0.25, 0.3) is 0 Å². The maximum atomic E-state index is 11.3. The Kier molecular flexibility index (Phi) is 8.18. The van der Waals surface area contributed by atoms with Crippen LogP contribution in [0.3, 0.4) is 0 Å². The van der Waals surface area contributed by atoms with E-state index in [0.717, 1.165) is 0 Å². The Balaban J connectivity index is 0.000000223. The highest BCUT2D eigenvalue weighted by Crippen LogP contribution is 2.43. The van der Waals surface area contributed by atoms with Gasteiger partial charge in [-0.2, -0.15) is 0 Å². The number of benzene rings is 1. The summed E-state index contributed by atoms with van der Waals surface area (Å²) in [6, 6.07) is 10.3. The highest BCUT2D eigenvalue weighted by molar-refractivity contribution is 7.47. The van der Waals surface area contributed by atoms with Crippen LogP contribution < -0.4 is 20.7 Å². The number of nitrogens with two attached hydrogens (primary N) is 1. The molecular weight excluding hydrogens is 377 g/mol. The summed E-state index contributed by atoms with van der Waals surface area (Å²) in [7, 11) is -3.98. The van der Waals surface area contributed by atoms with Crippen LogP contribution in [0.1, 0.15) is 10.4 Å². The molecule has 0 atom stereocenters. The standard InChI is InChI=1S/C10H13O6P.C6H7N3O/c11-17(12)15-7-5-13-9-3-1-2-4-10(9)14-6-8-16-17;7-9-6(10)5-1-3-8-4-2-5/h1-4H,5-8H2,(H,11,12);1-4H,7H2,(H,9,10). The van der Waals surface area contributed by atoms with Crippen molar-refractivity contribution in [2.24, 2.45) is 5.84 Å². The molecule has 10 nitrogen and oxygen atoms in total. The Morgan fingerprint density at radius 3 is 2.00 bits per heavy atom.